The molecule has 23 heavy (non-hydrogen) atoms. The fraction of sp³-hybridized carbons (Fsp3) is 0.368. The lowest BCUT2D eigenvalue weighted by atomic mass is 10.0. The molecule has 1 heterocycles. The van der Waals surface area contributed by atoms with E-state index in [1.807, 2.05) is 30.3 Å². The van der Waals surface area contributed by atoms with Crippen LogP contribution in [0.3, 0.4) is 0 Å². The first kappa shape index (κ1) is 16.2. The number of hydrogen-bond acceptors (Lipinski definition) is 2. The van der Waals surface area contributed by atoms with Crippen molar-refractivity contribution in [3.63, 3.8) is 0 Å². The van der Waals surface area contributed by atoms with Gasteiger partial charge in [-0.15, -0.1) is 0 Å². The maximum Gasteiger partial charge on any atom is 0.243 e. The van der Waals surface area contributed by atoms with Crippen LogP contribution in [0.2, 0.25) is 0 Å². The van der Waals surface area contributed by atoms with Gasteiger partial charge in [0.15, 0.2) is 0 Å². The molecule has 0 radical (unpaired) electrons. The number of aryl methyl sites for hydroxylation is 2. The fourth-order valence-electron chi connectivity index (χ4n) is 3.02. The molecule has 0 aliphatic carbocycles. The van der Waals surface area contributed by atoms with Crippen molar-refractivity contribution in [1.82, 2.24) is 4.31 Å². The van der Waals surface area contributed by atoms with Crippen molar-refractivity contribution >= 4 is 10.0 Å². The number of hydrogen-bond donors (Lipinski definition) is 0. The molecule has 1 fully saturated rings. The summed E-state index contributed by atoms with van der Waals surface area (Å²) in [5, 5.41) is 0. The molecule has 0 amide bonds. The topological polar surface area (TPSA) is 37.4 Å². The number of rotatable bonds is 5. The Labute approximate surface area is 139 Å². The summed E-state index contributed by atoms with van der Waals surface area (Å²) in [5.74, 6) is 0. The van der Waals surface area contributed by atoms with Crippen LogP contribution in [0.25, 0.3) is 0 Å². The highest BCUT2D eigenvalue weighted by molar-refractivity contribution is 7.89. The summed E-state index contributed by atoms with van der Waals surface area (Å²) in [6.45, 7) is 1.30. The standard InChI is InChI=1S/C19H23NO2S/c21-23(22,20-15-5-2-6-16-20)19-13-11-18(12-14-19)10-9-17-7-3-1-4-8-17/h1,3-4,7-8,11-14H,2,5-6,9-10,15-16H2. The molecule has 0 atom stereocenters. The zero-order valence-electron chi connectivity index (χ0n) is 13.3. The Balaban J connectivity index is 1.66. The minimum atomic E-state index is -3.31. The van der Waals surface area contributed by atoms with Gasteiger partial charge in [0.05, 0.1) is 4.90 Å². The van der Waals surface area contributed by atoms with Gasteiger partial charge in [-0.05, 0) is 48.9 Å². The van der Waals surface area contributed by atoms with Gasteiger partial charge in [-0.2, -0.15) is 4.31 Å². The number of nitrogens with zero attached hydrogens (tertiary/aromatic N) is 1. The van der Waals surface area contributed by atoms with Gasteiger partial charge in [-0.3, -0.25) is 0 Å². The molecule has 1 saturated heterocycles. The van der Waals surface area contributed by atoms with E-state index in [9.17, 15) is 8.42 Å². The predicted molar refractivity (Wildman–Crippen MR) is 92.9 cm³/mol. The third kappa shape index (κ3) is 4.01. The number of sulfonamides is 1. The molecule has 122 valence electrons. The van der Waals surface area contributed by atoms with Crippen molar-refractivity contribution in [3.8, 4) is 0 Å². The fourth-order valence-corrected chi connectivity index (χ4v) is 4.53. The molecule has 0 aromatic heterocycles. The minimum Gasteiger partial charge on any atom is -0.207 e. The SMILES string of the molecule is O=S(=O)(c1ccc(CCc2ccccc2)cc1)N1CCCCC1. The first-order valence-corrected chi connectivity index (χ1v) is 9.73. The van der Waals surface area contributed by atoms with Gasteiger partial charge in [0.25, 0.3) is 0 Å². The van der Waals surface area contributed by atoms with Crippen LogP contribution in [0.15, 0.2) is 59.5 Å². The smallest absolute Gasteiger partial charge is 0.207 e. The molecule has 2 aromatic carbocycles. The molecule has 3 nitrogen and oxygen atoms in total. The summed E-state index contributed by atoms with van der Waals surface area (Å²) < 4.78 is 26.8. The normalized spacial score (nSPS) is 16.3. The van der Waals surface area contributed by atoms with Crippen molar-refractivity contribution in [2.24, 2.45) is 0 Å². The van der Waals surface area contributed by atoms with E-state index in [1.165, 1.54) is 11.1 Å². The lowest BCUT2D eigenvalue weighted by Gasteiger charge is -2.25. The molecular weight excluding hydrogens is 306 g/mol. The highest BCUT2D eigenvalue weighted by Crippen LogP contribution is 2.21. The second kappa shape index (κ2) is 7.28. The van der Waals surface area contributed by atoms with Gasteiger partial charge in [-0.25, -0.2) is 8.42 Å². The van der Waals surface area contributed by atoms with Crippen molar-refractivity contribution < 1.29 is 8.42 Å². The van der Waals surface area contributed by atoms with E-state index in [-0.39, 0.29) is 0 Å². The molecular formula is C19H23NO2S. The molecule has 3 rings (SSSR count). The van der Waals surface area contributed by atoms with Crippen LogP contribution in [-0.2, 0) is 22.9 Å². The van der Waals surface area contributed by atoms with Gasteiger partial charge in [0.2, 0.25) is 10.0 Å². The Hall–Kier alpha value is -1.65. The summed E-state index contributed by atoms with van der Waals surface area (Å²) in [7, 11) is -3.31. The van der Waals surface area contributed by atoms with E-state index in [4.69, 9.17) is 0 Å². The van der Waals surface area contributed by atoms with Crippen LogP contribution in [0, 0.1) is 0 Å². The van der Waals surface area contributed by atoms with E-state index in [1.54, 1.807) is 16.4 Å². The number of piperidine rings is 1. The molecule has 0 saturated carbocycles. The first-order chi connectivity index (χ1) is 11.2. The Morgan fingerprint density at radius 2 is 1.30 bits per heavy atom. The molecule has 2 aromatic rings. The molecule has 4 heteroatoms. The zero-order valence-corrected chi connectivity index (χ0v) is 14.1. The Kier molecular flexibility index (Phi) is 5.13. The molecule has 0 unspecified atom stereocenters. The van der Waals surface area contributed by atoms with Gasteiger partial charge >= 0.3 is 0 Å². The average Bonchev–Trinajstić information content (AvgIpc) is 2.62. The highest BCUT2D eigenvalue weighted by Gasteiger charge is 2.25. The van der Waals surface area contributed by atoms with Crippen molar-refractivity contribution in [2.45, 2.75) is 37.0 Å². The van der Waals surface area contributed by atoms with E-state index in [2.05, 4.69) is 12.1 Å². The van der Waals surface area contributed by atoms with E-state index in [0.717, 1.165) is 32.1 Å². The second-order valence-electron chi connectivity index (χ2n) is 6.09. The minimum absolute atomic E-state index is 0.419. The highest BCUT2D eigenvalue weighted by atomic mass is 32.2. The number of benzene rings is 2. The zero-order chi connectivity index (χ0) is 16.1. The van der Waals surface area contributed by atoms with Gasteiger partial charge in [0, 0.05) is 13.1 Å². The molecule has 1 aliphatic rings. The van der Waals surface area contributed by atoms with Gasteiger partial charge in [0.1, 0.15) is 0 Å². The second-order valence-corrected chi connectivity index (χ2v) is 8.03. The lowest BCUT2D eigenvalue weighted by Crippen LogP contribution is -2.35. The Morgan fingerprint density at radius 1 is 0.739 bits per heavy atom. The monoisotopic (exact) mass is 329 g/mol. The summed E-state index contributed by atoms with van der Waals surface area (Å²) in [6, 6.07) is 17.7. The van der Waals surface area contributed by atoms with Crippen molar-refractivity contribution in [2.75, 3.05) is 13.1 Å². The average molecular weight is 329 g/mol. The third-order valence-electron chi connectivity index (χ3n) is 4.42. The maximum absolute atomic E-state index is 12.6. The summed E-state index contributed by atoms with van der Waals surface area (Å²) in [5.41, 5.74) is 2.48. The van der Waals surface area contributed by atoms with Crippen molar-refractivity contribution in [3.05, 3.63) is 65.7 Å². The van der Waals surface area contributed by atoms with Crippen molar-refractivity contribution in [1.29, 1.82) is 0 Å². The van der Waals surface area contributed by atoms with Crippen LogP contribution >= 0.6 is 0 Å². The Bertz CT molecular complexity index is 718. The summed E-state index contributed by atoms with van der Waals surface area (Å²) >= 11 is 0. The summed E-state index contributed by atoms with van der Waals surface area (Å²) in [4.78, 5) is 0.419. The van der Waals surface area contributed by atoms with Gasteiger partial charge < -0.3 is 0 Å². The first-order valence-electron chi connectivity index (χ1n) is 8.29. The maximum atomic E-state index is 12.6. The van der Waals surface area contributed by atoms with Crippen LogP contribution in [0.4, 0.5) is 0 Å². The van der Waals surface area contributed by atoms with Crippen LogP contribution < -0.4 is 0 Å². The van der Waals surface area contributed by atoms with Crippen LogP contribution in [0.5, 0.6) is 0 Å². The third-order valence-corrected chi connectivity index (χ3v) is 6.33. The molecule has 1 aliphatic heterocycles. The van der Waals surface area contributed by atoms with Crippen LogP contribution in [0.1, 0.15) is 30.4 Å². The van der Waals surface area contributed by atoms with E-state index < -0.39 is 10.0 Å². The van der Waals surface area contributed by atoms with E-state index >= 15 is 0 Å². The predicted octanol–water partition coefficient (Wildman–Crippen LogP) is 3.65. The quantitative estimate of drug-likeness (QED) is 0.840. The van der Waals surface area contributed by atoms with Crippen LogP contribution in [-0.4, -0.2) is 25.8 Å². The van der Waals surface area contributed by atoms with E-state index in [0.29, 0.717) is 18.0 Å². The largest absolute Gasteiger partial charge is 0.243 e. The van der Waals surface area contributed by atoms with Gasteiger partial charge in [-0.1, -0.05) is 48.9 Å². The molecule has 0 spiro atoms. The Morgan fingerprint density at radius 3 is 1.91 bits per heavy atom. The lowest BCUT2D eigenvalue weighted by molar-refractivity contribution is 0.346. The summed E-state index contributed by atoms with van der Waals surface area (Å²) in [6.07, 6.45) is 4.96. The molecule has 0 bridgehead atoms. The molecule has 0 N–H and O–H groups in total.